The van der Waals surface area contributed by atoms with Crippen LogP contribution in [0.15, 0.2) is 47.1 Å². The summed E-state index contributed by atoms with van der Waals surface area (Å²) in [6.45, 7) is 8.12. The highest BCUT2D eigenvalue weighted by atomic mass is 32.1. The molecule has 0 atom stereocenters. The molecule has 0 bridgehead atoms. The van der Waals surface area contributed by atoms with Crippen molar-refractivity contribution in [3.63, 3.8) is 0 Å². The third kappa shape index (κ3) is 4.61. The molecule has 4 aromatic rings. The molecule has 0 saturated carbocycles. The maximum absolute atomic E-state index is 12.6. The van der Waals surface area contributed by atoms with E-state index in [1.165, 1.54) is 11.3 Å². The molecule has 0 spiro atoms. The number of methoxy groups -OCH3 is 1. The number of rotatable bonds is 7. The molecule has 0 fully saturated rings. The van der Waals surface area contributed by atoms with Gasteiger partial charge in [0.2, 0.25) is 11.0 Å². The van der Waals surface area contributed by atoms with E-state index in [1.807, 2.05) is 58.0 Å². The van der Waals surface area contributed by atoms with Gasteiger partial charge in [0.15, 0.2) is 0 Å². The molecule has 0 aliphatic heterocycles. The molecule has 0 aliphatic rings. The van der Waals surface area contributed by atoms with E-state index in [2.05, 4.69) is 15.5 Å². The van der Waals surface area contributed by atoms with Crippen LogP contribution in [0, 0.1) is 13.8 Å². The Morgan fingerprint density at radius 1 is 1.21 bits per heavy atom. The quantitative estimate of drug-likeness (QED) is 0.337. The summed E-state index contributed by atoms with van der Waals surface area (Å²) in [5.74, 6) is 1.22. The molecule has 0 saturated heterocycles. The lowest BCUT2D eigenvalue weighted by atomic mass is 9.96. The van der Waals surface area contributed by atoms with Crippen LogP contribution in [0.1, 0.15) is 30.0 Å². The van der Waals surface area contributed by atoms with Crippen LogP contribution in [0.2, 0.25) is 0 Å². The monoisotopic (exact) mass is 463 g/mol. The van der Waals surface area contributed by atoms with Crippen LogP contribution in [0.5, 0.6) is 11.5 Å². The van der Waals surface area contributed by atoms with Gasteiger partial charge < -0.3 is 13.9 Å². The van der Waals surface area contributed by atoms with E-state index in [1.54, 1.807) is 19.4 Å². The molecule has 1 amide bonds. The maximum Gasteiger partial charge on any atom is 0.250 e. The number of allylic oxidation sites excluding steroid dienone is 1. The van der Waals surface area contributed by atoms with Gasteiger partial charge >= 0.3 is 0 Å². The Morgan fingerprint density at radius 3 is 2.61 bits per heavy atom. The van der Waals surface area contributed by atoms with Crippen LogP contribution < -0.4 is 14.8 Å². The summed E-state index contributed by atoms with van der Waals surface area (Å²) in [5, 5.41) is 12.9. The van der Waals surface area contributed by atoms with E-state index in [0.29, 0.717) is 17.5 Å². The number of hydrogen-bond donors (Lipinski definition) is 1. The number of fused-ring (bicyclic) bond motifs is 1. The van der Waals surface area contributed by atoms with E-state index in [0.717, 1.165) is 49.6 Å². The van der Waals surface area contributed by atoms with Crippen molar-refractivity contribution >= 4 is 38.9 Å². The second-order valence-corrected chi connectivity index (χ2v) is 8.69. The molecule has 2 aromatic carbocycles. The van der Waals surface area contributed by atoms with Crippen LogP contribution in [0.4, 0.5) is 5.13 Å². The fourth-order valence-corrected chi connectivity index (χ4v) is 4.29. The van der Waals surface area contributed by atoms with Crippen LogP contribution in [0.25, 0.3) is 27.7 Å². The Kier molecular flexibility index (Phi) is 6.46. The van der Waals surface area contributed by atoms with Gasteiger partial charge in [-0.2, -0.15) is 0 Å². The number of hydrogen-bond acceptors (Lipinski definition) is 7. The van der Waals surface area contributed by atoms with Crippen molar-refractivity contribution < 1.29 is 18.7 Å². The zero-order valence-corrected chi connectivity index (χ0v) is 20.0. The highest BCUT2D eigenvalue weighted by Crippen LogP contribution is 2.41. The van der Waals surface area contributed by atoms with Crippen LogP contribution >= 0.6 is 11.3 Å². The van der Waals surface area contributed by atoms with Crippen molar-refractivity contribution in [1.29, 1.82) is 0 Å². The summed E-state index contributed by atoms with van der Waals surface area (Å²) in [7, 11) is 1.64. The number of furan rings is 1. The Balaban J connectivity index is 1.78. The summed E-state index contributed by atoms with van der Waals surface area (Å²) < 4.78 is 17.2. The number of carbonyl (C=O) groups excluding carboxylic acids is 1. The molecule has 170 valence electrons. The van der Waals surface area contributed by atoms with Crippen LogP contribution in [0.3, 0.4) is 0 Å². The van der Waals surface area contributed by atoms with E-state index < -0.39 is 0 Å². The summed E-state index contributed by atoms with van der Waals surface area (Å²) in [6, 6.07) is 9.84. The predicted molar refractivity (Wildman–Crippen MR) is 131 cm³/mol. The lowest BCUT2D eigenvalue weighted by molar-refractivity contribution is -0.111. The third-order valence-corrected chi connectivity index (χ3v) is 6.02. The maximum atomic E-state index is 12.6. The number of amides is 1. The highest BCUT2D eigenvalue weighted by molar-refractivity contribution is 7.15. The first-order chi connectivity index (χ1) is 15.9. The number of nitrogens with zero attached hydrogens (tertiary/aromatic N) is 2. The van der Waals surface area contributed by atoms with Crippen LogP contribution in [-0.2, 0) is 4.79 Å². The molecule has 2 aromatic heterocycles. The van der Waals surface area contributed by atoms with Gasteiger partial charge in [0.05, 0.1) is 20.0 Å². The van der Waals surface area contributed by atoms with Crippen molar-refractivity contribution in [3.8, 4) is 22.6 Å². The molecule has 33 heavy (non-hydrogen) atoms. The Morgan fingerprint density at radius 2 is 1.97 bits per heavy atom. The normalized spacial score (nSPS) is 11.6. The average molecular weight is 464 g/mol. The minimum atomic E-state index is -0.272. The van der Waals surface area contributed by atoms with Gasteiger partial charge in [-0.3, -0.25) is 10.1 Å². The van der Waals surface area contributed by atoms with Gasteiger partial charge in [0.1, 0.15) is 22.1 Å². The molecule has 2 heterocycles. The summed E-state index contributed by atoms with van der Waals surface area (Å²) in [6.07, 6.45) is 3.30. The van der Waals surface area contributed by atoms with Gasteiger partial charge in [0, 0.05) is 28.2 Å². The molecule has 4 rings (SSSR count). The minimum Gasteiger partial charge on any atom is -0.497 e. The number of anilines is 1. The Labute approximate surface area is 196 Å². The third-order valence-electron chi connectivity index (χ3n) is 5.26. The average Bonchev–Trinajstić information content (AvgIpc) is 3.41. The van der Waals surface area contributed by atoms with E-state index in [-0.39, 0.29) is 5.91 Å². The van der Waals surface area contributed by atoms with E-state index >= 15 is 0 Å². The standard InChI is InChI=1S/C25H25N3O4S/c1-6-31-23-15(3)24-20(21(13-32-24)17-7-9-18(30-5)10-8-17)12-19(23)14(2)11-22(29)26-25-28-27-16(4)33-25/h7-13H,6H2,1-5H3,(H,26,28,29)/b14-11+. The smallest absolute Gasteiger partial charge is 0.250 e. The van der Waals surface area contributed by atoms with Crippen molar-refractivity contribution in [2.45, 2.75) is 27.7 Å². The fraction of sp³-hybridized carbons (Fsp3) is 0.240. The van der Waals surface area contributed by atoms with E-state index in [4.69, 9.17) is 13.9 Å². The number of ether oxygens (including phenoxy) is 2. The lowest BCUT2D eigenvalue weighted by Crippen LogP contribution is -2.08. The van der Waals surface area contributed by atoms with Crippen molar-refractivity contribution in [1.82, 2.24) is 10.2 Å². The van der Waals surface area contributed by atoms with Crippen LogP contribution in [-0.4, -0.2) is 29.8 Å². The molecule has 0 unspecified atom stereocenters. The SMILES string of the molecule is CCOc1c(/C(C)=C/C(=O)Nc2nnc(C)s2)cc2c(-c3ccc(OC)cc3)coc2c1C. The van der Waals surface area contributed by atoms with Crippen molar-refractivity contribution in [2.75, 3.05) is 19.0 Å². The van der Waals surface area contributed by atoms with Gasteiger partial charge in [-0.15, -0.1) is 10.2 Å². The van der Waals surface area contributed by atoms with Gasteiger partial charge in [-0.1, -0.05) is 23.5 Å². The first-order valence-electron chi connectivity index (χ1n) is 10.5. The number of aryl methyl sites for hydroxylation is 2. The highest BCUT2D eigenvalue weighted by Gasteiger charge is 2.19. The predicted octanol–water partition coefficient (Wildman–Crippen LogP) is 6.02. The first kappa shape index (κ1) is 22.5. The molecule has 8 heteroatoms. The van der Waals surface area contributed by atoms with Gasteiger partial charge in [0.25, 0.3) is 0 Å². The van der Waals surface area contributed by atoms with Crippen molar-refractivity contribution in [2.24, 2.45) is 0 Å². The molecule has 0 radical (unpaired) electrons. The van der Waals surface area contributed by atoms with Gasteiger partial charge in [-0.25, -0.2) is 0 Å². The fourth-order valence-electron chi connectivity index (χ4n) is 3.70. The zero-order chi connectivity index (χ0) is 23.5. The largest absolute Gasteiger partial charge is 0.497 e. The topological polar surface area (TPSA) is 86.5 Å². The molecule has 0 aliphatic carbocycles. The van der Waals surface area contributed by atoms with E-state index in [9.17, 15) is 4.79 Å². The second-order valence-electron chi connectivity index (χ2n) is 7.51. The number of benzene rings is 2. The molecule has 7 nitrogen and oxygen atoms in total. The molecular weight excluding hydrogens is 438 g/mol. The summed E-state index contributed by atoms with van der Waals surface area (Å²) in [5.41, 5.74) is 5.22. The Bertz CT molecular complexity index is 1340. The Hall–Kier alpha value is -3.65. The molecule has 1 N–H and O–H groups in total. The number of carbonyl (C=O) groups is 1. The zero-order valence-electron chi connectivity index (χ0n) is 19.2. The lowest BCUT2D eigenvalue weighted by Gasteiger charge is -2.15. The summed E-state index contributed by atoms with van der Waals surface area (Å²) in [4.78, 5) is 12.6. The van der Waals surface area contributed by atoms with Crippen molar-refractivity contribution in [3.05, 3.63) is 58.8 Å². The second kappa shape index (κ2) is 9.46. The number of aromatic nitrogens is 2. The molecular formula is C25H25N3O4S. The minimum absolute atomic E-state index is 0.272. The summed E-state index contributed by atoms with van der Waals surface area (Å²) >= 11 is 1.33. The first-order valence-corrected chi connectivity index (χ1v) is 11.3. The number of nitrogens with one attached hydrogen (secondary N) is 1. The van der Waals surface area contributed by atoms with Gasteiger partial charge in [-0.05, 0) is 57.0 Å².